The average molecular weight is 430 g/mol. The maximum absolute atomic E-state index is 12.6. The van der Waals surface area contributed by atoms with Gasteiger partial charge in [0.25, 0.3) is 5.91 Å². The number of aliphatic imine (C=N–C) groups is 1. The molecule has 2 heterocycles. The summed E-state index contributed by atoms with van der Waals surface area (Å²) in [6.07, 6.45) is 1.97. The summed E-state index contributed by atoms with van der Waals surface area (Å²) < 4.78 is 2.29. The Morgan fingerprint density at radius 3 is 2.19 bits per heavy atom. The van der Waals surface area contributed by atoms with Crippen molar-refractivity contribution in [3.63, 3.8) is 0 Å². The Kier molecular flexibility index (Phi) is 5.63. The molecule has 4 rings (SSSR count). The second-order valence-electron chi connectivity index (χ2n) is 8.23. The van der Waals surface area contributed by atoms with E-state index in [1.54, 1.807) is 0 Å². The molecule has 0 atom stereocenters. The molecular weight excluding hydrogens is 402 g/mol. The van der Waals surface area contributed by atoms with Gasteiger partial charge in [0.1, 0.15) is 0 Å². The number of amidine groups is 1. The predicted molar refractivity (Wildman–Crippen MR) is 131 cm³/mol. The second-order valence-corrected chi connectivity index (χ2v) is 9.26. The molecule has 0 bridgehead atoms. The normalized spacial score (nSPS) is 16.4. The molecule has 0 unspecified atom stereocenters. The molecule has 0 aliphatic carbocycles. The highest BCUT2D eigenvalue weighted by Gasteiger charge is 2.25. The van der Waals surface area contributed by atoms with E-state index < -0.39 is 0 Å². The number of hydrogen-bond donors (Lipinski definition) is 1. The molecule has 3 aromatic rings. The minimum atomic E-state index is -0.108. The highest BCUT2D eigenvalue weighted by Crippen LogP contribution is 2.32. The van der Waals surface area contributed by atoms with Crippen LogP contribution in [0, 0.1) is 41.5 Å². The van der Waals surface area contributed by atoms with Gasteiger partial charge in [0.15, 0.2) is 5.17 Å². The van der Waals surface area contributed by atoms with Crippen molar-refractivity contribution < 1.29 is 4.79 Å². The van der Waals surface area contributed by atoms with Crippen molar-refractivity contribution in [1.29, 1.82) is 0 Å². The first-order chi connectivity index (χ1) is 14.7. The second kappa shape index (κ2) is 8.23. The summed E-state index contributed by atoms with van der Waals surface area (Å²) in [6, 6.07) is 14.5. The number of carbonyl (C=O) groups is 1. The number of aromatic nitrogens is 1. The molecule has 1 aliphatic heterocycles. The maximum Gasteiger partial charge on any atom is 0.264 e. The molecule has 1 amide bonds. The van der Waals surface area contributed by atoms with Gasteiger partial charge in [-0.3, -0.25) is 4.79 Å². The number of hydrogen-bond acceptors (Lipinski definition) is 3. The predicted octanol–water partition coefficient (Wildman–Crippen LogP) is 6.22. The number of benzene rings is 2. The molecule has 1 N–H and O–H groups in total. The number of nitrogens with zero attached hydrogens (tertiary/aromatic N) is 2. The van der Waals surface area contributed by atoms with Crippen LogP contribution < -0.4 is 5.32 Å². The SMILES string of the molecule is Cc1ccc(N=C2NC(=O)/C(=C\c3cc(C)n(-c4c(C)cc(C)cc4C)c3C)S2)cc1. The lowest BCUT2D eigenvalue weighted by Gasteiger charge is -2.17. The van der Waals surface area contributed by atoms with Gasteiger partial charge in [0, 0.05) is 11.4 Å². The number of nitrogens with one attached hydrogen (secondary N) is 1. The third-order valence-corrected chi connectivity index (χ3v) is 6.44. The van der Waals surface area contributed by atoms with Crippen molar-refractivity contribution in [2.24, 2.45) is 4.99 Å². The first-order valence-electron chi connectivity index (χ1n) is 10.4. The fraction of sp³-hybridized carbons (Fsp3) is 0.231. The molecule has 0 saturated carbocycles. The molecule has 2 aromatic carbocycles. The van der Waals surface area contributed by atoms with Crippen LogP contribution in [-0.2, 0) is 4.79 Å². The largest absolute Gasteiger partial charge is 0.317 e. The smallest absolute Gasteiger partial charge is 0.264 e. The number of rotatable bonds is 3. The average Bonchev–Trinajstić information content (AvgIpc) is 3.16. The summed E-state index contributed by atoms with van der Waals surface area (Å²) in [4.78, 5) is 17.8. The van der Waals surface area contributed by atoms with E-state index in [1.165, 1.54) is 39.7 Å². The summed E-state index contributed by atoms with van der Waals surface area (Å²) in [5, 5.41) is 3.49. The van der Waals surface area contributed by atoms with Crippen LogP contribution in [0.1, 0.15) is 39.2 Å². The minimum Gasteiger partial charge on any atom is -0.317 e. The highest BCUT2D eigenvalue weighted by molar-refractivity contribution is 8.18. The lowest BCUT2D eigenvalue weighted by Crippen LogP contribution is -2.19. The maximum atomic E-state index is 12.6. The molecule has 5 heteroatoms. The van der Waals surface area contributed by atoms with E-state index >= 15 is 0 Å². The van der Waals surface area contributed by atoms with E-state index in [0.29, 0.717) is 10.1 Å². The van der Waals surface area contributed by atoms with E-state index in [2.05, 4.69) is 67.7 Å². The van der Waals surface area contributed by atoms with Crippen LogP contribution in [0.3, 0.4) is 0 Å². The van der Waals surface area contributed by atoms with Crippen LogP contribution in [0.25, 0.3) is 11.8 Å². The zero-order chi connectivity index (χ0) is 22.3. The Labute approximate surface area is 188 Å². The third kappa shape index (κ3) is 4.23. The van der Waals surface area contributed by atoms with Crippen molar-refractivity contribution in [2.75, 3.05) is 0 Å². The van der Waals surface area contributed by atoms with Crippen molar-refractivity contribution in [3.8, 4) is 5.69 Å². The van der Waals surface area contributed by atoms with Crippen LogP contribution >= 0.6 is 11.8 Å². The molecule has 1 fully saturated rings. The van der Waals surface area contributed by atoms with Crippen LogP contribution in [-0.4, -0.2) is 15.6 Å². The Morgan fingerprint density at radius 1 is 0.903 bits per heavy atom. The van der Waals surface area contributed by atoms with Crippen LogP contribution in [0.5, 0.6) is 0 Å². The molecule has 1 aromatic heterocycles. The van der Waals surface area contributed by atoms with Crippen molar-refractivity contribution in [3.05, 3.63) is 86.6 Å². The molecular formula is C26H27N3OS. The molecule has 0 spiro atoms. The Balaban J connectivity index is 1.68. The van der Waals surface area contributed by atoms with Gasteiger partial charge in [-0.15, -0.1) is 0 Å². The zero-order valence-corrected chi connectivity index (χ0v) is 19.6. The first kappa shape index (κ1) is 21.2. The van der Waals surface area contributed by atoms with Crippen molar-refractivity contribution >= 4 is 34.6 Å². The summed E-state index contributed by atoms with van der Waals surface area (Å²) >= 11 is 1.38. The number of thioether (sulfide) groups is 1. The van der Waals surface area contributed by atoms with Crippen LogP contribution in [0.2, 0.25) is 0 Å². The summed E-state index contributed by atoms with van der Waals surface area (Å²) in [5.41, 5.74) is 10.3. The van der Waals surface area contributed by atoms with Crippen molar-refractivity contribution in [1.82, 2.24) is 9.88 Å². The topological polar surface area (TPSA) is 46.4 Å². The van der Waals surface area contributed by atoms with Crippen LogP contribution in [0.15, 0.2) is 52.4 Å². The van der Waals surface area contributed by atoms with Crippen molar-refractivity contribution in [2.45, 2.75) is 41.5 Å². The molecule has 31 heavy (non-hydrogen) atoms. The van der Waals surface area contributed by atoms with E-state index in [-0.39, 0.29) is 5.91 Å². The van der Waals surface area contributed by atoms with E-state index in [9.17, 15) is 4.79 Å². The number of carbonyl (C=O) groups excluding carboxylic acids is 1. The minimum absolute atomic E-state index is 0.108. The summed E-state index contributed by atoms with van der Waals surface area (Å²) in [6.45, 7) is 12.7. The van der Waals surface area contributed by atoms with Gasteiger partial charge in [-0.05, 0) is 94.3 Å². The monoisotopic (exact) mass is 429 g/mol. The first-order valence-corrected chi connectivity index (χ1v) is 11.2. The van der Waals surface area contributed by atoms with Gasteiger partial charge in [-0.1, -0.05) is 35.4 Å². The Hall–Kier alpha value is -3.05. The lowest BCUT2D eigenvalue weighted by molar-refractivity contribution is -0.115. The van der Waals surface area contributed by atoms with Gasteiger partial charge in [0.05, 0.1) is 16.3 Å². The van der Waals surface area contributed by atoms with E-state index in [1.807, 2.05) is 37.3 Å². The van der Waals surface area contributed by atoms with Crippen LogP contribution in [0.4, 0.5) is 5.69 Å². The highest BCUT2D eigenvalue weighted by atomic mass is 32.2. The molecule has 0 radical (unpaired) electrons. The summed E-state index contributed by atoms with van der Waals surface area (Å²) in [7, 11) is 0. The molecule has 1 aliphatic rings. The van der Waals surface area contributed by atoms with Gasteiger partial charge in [0.2, 0.25) is 0 Å². The van der Waals surface area contributed by atoms with Gasteiger partial charge >= 0.3 is 0 Å². The van der Waals surface area contributed by atoms with E-state index in [4.69, 9.17) is 0 Å². The fourth-order valence-electron chi connectivity index (χ4n) is 4.16. The van der Waals surface area contributed by atoms with Gasteiger partial charge < -0.3 is 9.88 Å². The Morgan fingerprint density at radius 2 is 1.55 bits per heavy atom. The zero-order valence-electron chi connectivity index (χ0n) is 18.8. The molecule has 4 nitrogen and oxygen atoms in total. The standard InChI is InChI=1S/C26H27N3OS/c1-15-7-9-22(10-8-15)27-26-28-25(30)23(31-26)14-21-13-19(5)29(20(21)6)24-17(3)11-16(2)12-18(24)4/h7-14H,1-6H3,(H,27,28,30)/b23-14+. The molecule has 158 valence electrons. The van der Waals surface area contributed by atoms with Gasteiger partial charge in [-0.25, -0.2) is 4.99 Å². The summed E-state index contributed by atoms with van der Waals surface area (Å²) in [5.74, 6) is -0.108. The van der Waals surface area contributed by atoms with Gasteiger partial charge in [-0.2, -0.15) is 0 Å². The quantitative estimate of drug-likeness (QED) is 0.503. The lowest BCUT2D eigenvalue weighted by atomic mass is 10.0. The Bertz CT molecular complexity index is 1220. The number of amides is 1. The van der Waals surface area contributed by atoms with E-state index in [0.717, 1.165) is 22.6 Å². The third-order valence-electron chi connectivity index (χ3n) is 5.53. The fourth-order valence-corrected chi connectivity index (χ4v) is 4.99. The number of aryl methyl sites for hydroxylation is 5. The molecule has 1 saturated heterocycles.